The quantitative estimate of drug-likeness (QED) is 0.909. The molecular weight excluding hydrogens is 268 g/mol. The van der Waals surface area contributed by atoms with E-state index in [2.05, 4.69) is 6.58 Å². The van der Waals surface area contributed by atoms with E-state index in [0.29, 0.717) is 11.3 Å². The van der Waals surface area contributed by atoms with E-state index in [0.717, 1.165) is 16.0 Å². The van der Waals surface area contributed by atoms with Crippen LogP contribution in [0.2, 0.25) is 0 Å². The Kier molecular flexibility index (Phi) is 4.88. The van der Waals surface area contributed by atoms with Crippen LogP contribution in [-0.2, 0) is 10.8 Å². The van der Waals surface area contributed by atoms with Crippen LogP contribution < -0.4 is 0 Å². The maximum absolute atomic E-state index is 12.3. The molecule has 2 rings (SSSR count). The third kappa shape index (κ3) is 3.65. The molecule has 0 spiro atoms. The Labute approximate surface area is 122 Å². The van der Waals surface area contributed by atoms with Crippen molar-refractivity contribution in [2.24, 2.45) is 0 Å². The SMILES string of the molecule is C=C(C[C@@H](O)c1ccccc1)S(=O)c1ccc(C)cc1. The smallest absolute Gasteiger partial charge is 0.0836 e. The van der Waals surface area contributed by atoms with Gasteiger partial charge < -0.3 is 5.11 Å². The van der Waals surface area contributed by atoms with Gasteiger partial charge in [0.15, 0.2) is 0 Å². The van der Waals surface area contributed by atoms with Gasteiger partial charge in [-0.15, -0.1) is 0 Å². The zero-order valence-corrected chi connectivity index (χ0v) is 12.3. The molecule has 3 heteroatoms. The second-order valence-corrected chi connectivity index (χ2v) is 6.34. The summed E-state index contributed by atoms with van der Waals surface area (Å²) in [5, 5.41) is 10.1. The average molecular weight is 286 g/mol. The molecule has 1 unspecified atom stereocenters. The van der Waals surface area contributed by atoms with Gasteiger partial charge in [-0.05, 0) is 24.6 Å². The van der Waals surface area contributed by atoms with Gasteiger partial charge in [0.25, 0.3) is 0 Å². The van der Waals surface area contributed by atoms with Gasteiger partial charge in [0, 0.05) is 16.2 Å². The van der Waals surface area contributed by atoms with Crippen molar-refractivity contribution < 1.29 is 9.32 Å². The maximum Gasteiger partial charge on any atom is 0.0836 e. The van der Waals surface area contributed by atoms with Crippen molar-refractivity contribution in [2.45, 2.75) is 24.3 Å². The maximum atomic E-state index is 12.3. The lowest BCUT2D eigenvalue weighted by Crippen LogP contribution is -2.03. The molecule has 0 saturated carbocycles. The number of rotatable bonds is 5. The van der Waals surface area contributed by atoms with Gasteiger partial charge in [-0.25, -0.2) is 4.21 Å². The topological polar surface area (TPSA) is 37.3 Å². The van der Waals surface area contributed by atoms with Crippen LogP contribution >= 0.6 is 0 Å². The van der Waals surface area contributed by atoms with Crippen LogP contribution in [0.15, 0.2) is 71.0 Å². The Morgan fingerprint density at radius 1 is 1.15 bits per heavy atom. The Morgan fingerprint density at radius 3 is 2.35 bits per heavy atom. The predicted molar refractivity (Wildman–Crippen MR) is 82.7 cm³/mol. The van der Waals surface area contributed by atoms with Crippen LogP contribution in [-0.4, -0.2) is 9.32 Å². The lowest BCUT2D eigenvalue weighted by molar-refractivity contribution is 0.180. The Hall–Kier alpha value is -1.71. The van der Waals surface area contributed by atoms with Gasteiger partial charge in [-0.1, -0.05) is 54.6 Å². The molecule has 2 nitrogen and oxygen atoms in total. The van der Waals surface area contributed by atoms with Crippen LogP contribution in [0, 0.1) is 6.92 Å². The Morgan fingerprint density at radius 2 is 1.75 bits per heavy atom. The van der Waals surface area contributed by atoms with Crippen molar-refractivity contribution in [3.8, 4) is 0 Å². The van der Waals surface area contributed by atoms with E-state index < -0.39 is 16.9 Å². The third-order valence-electron chi connectivity index (χ3n) is 3.10. The predicted octanol–water partition coefficient (Wildman–Crippen LogP) is 3.74. The van der Waals surface area contributed by atoms with Gasteiger partial charge in [0.2, 0.25) is 0 Å². The lowest BCUT2D eigenvalue weighted by Gasteiger charge is -2.12. The van der Waals surface area contributed by atoms with Crippen molar-refractivity contribution >= 4 is 10.8 Å². The second-order valence-electron chi connectivity index (χ2n) is 4.75. The minimum absolute atomic E-state index is 0.296. The molecular formula is C17H18O2S. The molecule has 2 aromatic rings. The molecule has 104 valence electrons. The minimum atomic E-state index is -1.29. The zero-order valence-electron chi connectivity index (χ0n) is 11.5. The summed E-state index contributed by atoms with van der Waals surface area (Å²) in [5.41, 5.74) is 1.94. The highest BCUT2D eigenvalue weighted by molar-refractivity contribution is 7.89. The molecule has 0 radical (unpaired) electrons. The van der Waals surface area contributed by atoms with E-state index >= 15 is 0 Å². The van der Waals surface area contributed by atoms with Crippen molar-refractivity contribution in [1.82, 2.24) is 0 Å². The molecule has 0 amide bonds. The highest BCUT2D eigenvalue weighted by Crippen LogP contribution is 2.24. The largest absolute Gasteiger partial charge is 0.388 e. The first-order valence-electron chi connectivity index (χ1n) is 6.47. The number of hydrogen-bond acceptors (Lipinski definition) is 2. The number of aliphatic hydroxyl groups is 1. The lowest BCUT2D eigenvalue weighted by atomic mass is 10.1. The van der Waals surface area contributed by atoms with Crippen LogP contribution in [0.5, 0.6) is 0 Å². The van der Waals surface area contributed by atoms with Crippen molar-refractivity contribution in [2.75, 3.05) is 0 Å². The first kappa shape index (κ1) is 14.7. The zero-order chi connectivity index (χ0) is 14.5. The van der Waals surface area contributed by atoms with Crippen LogP contribution in [0.25, 0.3) is 0 Å². The number of hydrogen-bond donors (Lipinski definition) is 1. The van der Waals surface area contributed by atoms with E-state index in [9.17, 15) is 9.32 Å². The highest BCUT2D eigenvalue weighted by atomic mass is 32.2. The van der Waals surface area contributed by atoms with E-state index in [4.69, 9.17) is 0 Å². The van der Waals surface area contributed by atoms with Gasteiger partial charge in [0.05, 0.1) is 16.9 Å². The van der Waals surface area contributed by atoms with Crippen LogP contribution in [0.3, 0.4) is 0 Å². The molecule has 0 aliphatic heterocycles. The van der Waals surface area contributed by atoms with Crippen molar-refractivity contribution in [3.05, 3.63) is 77.2 Å². The number of aryl methyl sites for hydroxylation is 1. The van der Waals surface area contributed by atoms with Gasteiger partial charge >= 0.3 is 0 Å². The summed E-state index contributed by atoms with van der Waals surface area (Å²) in [6.45, 7) is 5.85. The summed E-state index contributed by atoms with van der Waals surface area (Å²) in [7, 11) is -1.29. The summed E-state index contributed by atoms with van der Waals surface area (Å²) >= 11 is 0. The van der Waals surface area contributed by atoms with Crippen molar-refractivity contribution in [1.29, 1.82) is 0 Å². The highest BCUT2D eigenvalue weighted by Gasteiger charge is 2.14. The molecule has 1 N–H and O–H groups in total. The molecule has 2 aromatic carbocycles. The van der Waals surface area contributed by atoms with Gasteiger partial charge in [0.1, 0.15) is 0 Å². The molecule has 0 bridgehead atoms. The second kappa shape index (κ2) is 6.64. The van der Waals surface area contributed by atoms with Crippen LogP contribution in [0.4, 0.5) is 0 Å². The molecule has 0 fully saturated rings. The molecule has 2 atom stereocenters. The molecule has 0 aromatic heterocycles. The number of aliphatic hydroxyl groups excluding tert-OH is 1. The molecule has 0 aliphatic rings. The third-order valence-corrected chi connectivity index (χ3v) is 4.49. The summed E-state index contributed by atoms with van der Waals surface area (Å²) in [6, 6.07) is 16.9. The fraction of sp³-hybridized carbons (Fsp3) is 0.176. The van der Waals surface area contributed by atoms with E-state index in [1.54, 1.807) is 0 Å². The van der Waals surface area contributed by atoms with Crippen molar-refractivity contribution in [3.63, 3.8) is 0 Å². The molecule has 20 heavy (non-hydrogen) atoms. The summed E-state index contributed by atoms with van der Waals surface area (Å²) in [6.07, 6.45) is -0.372. The standard InChI is InChI=1S/C17H18O2S/c1-13-8-10-16(11-9-13)20(19)14(2)12-17(18)15-6-4-3-5-7-15/h3-11,17-18H,2,12H2,1H3/t17-,20?/m1/s1. The molecule has 0 heterocycles. The monoisotopic (exact) mass is 286 g/mol. The Bertz CT molecular complexity index is 603. The fourth-order valence-electron chi connectivity index (χ4n) is 1.91. The van der Waals surface area contributed by atoms with Crippen LogP contribution in [0.1, 0.15) is 23.7 Å². The van der Waals surface area contributed by atoms with Gasteiger partial charge in [-0.2, -0.15) is 0 Å². The van der Waals surface area contributed by atoms with E-state index in [1.807, 2.05) is 61.5 Å². The molecule has 0 saturated heterocycles. The summed E-state index contributed by atoms with van der Waals surface area (Å²) < 4.78 is 12.3. The van der Waals surface area contributed by atoms with E-state index in [1.165, 1.54) is 0 Å². The van der Waals surface area contributed by atoms with E-state index in [-0.39, 0.29) is 0 Å². The first-order chi connectivity index (χ1) is 9.58. The first-order valence-corrected chi connectivity index (χ1v) is 7.62. The normalized spacial score (nSPS) is 13.7. The summed E-state index contributed by atoms with van der Waals surface area (Å²) in [4.78, 5) is 1.26. The average Bonchev–Trinajstić information content (AvgIpc) is 2.48. The molecule has 0 aliphatic carbocycles. The minimum Gasteiger partial charge on any atom is -0.388 e. The van der Waals surface area contributed by atoms with Gasteiger partial charge in [-0.3, -0.25) is 0 Å². The number of benzene rings is 2. The fourth-order valence-corrected chi connectivity index (χ4v) is 2.94. The summed E-state index contributed by atoms with van der Waals surface area (Å²) in [5.74, 6) is 0. The Balaban J connectivity index is 2.05.